The normalized spacial score (nSPS) is 26.9. The van der Waals surface area contributed by atoms with Crippen molar-refractivity contribution in [1.82, 2.24) is 10.2 Å². The predicted octanol–water partition coefficient (Wildman–Crippen LogP) is 2.60. The van der Waals surface area contributed by atoms with Crippen LogP contribution in [0, 0.1) is 5.92 Å². The molecule has 2 aliphatic rings. The molecule has 2 rings (SSSR count). The first-order valence-corrected chi connectivity index (χ1v) is 7.93. The summed E-state index contributed by atoms with van der Waals surface area (Å²) in [4.78, 5) is 25.5. The first-order valence-electron chi connectivity index (χ1n) is 7.93. The van der Waals surface area contributed by atoms with Crippen LogP contribution in [0.1, 0.15) is 58.3 Å². The van der Waals surface area contributed by atoms with Gasteiger partial charge in [0, 0.05) is 12.6 Å². The number of nitrogens with zero attached hydrogens (tertiary/aromatic N) is 1. The smallest absolute Gasteiger partial charge is 0.326 e. The summed E-state index contributed by atoms with van der Waals surface area (Å²) < 4.78 is 0. The SMILES string of the molecule is CCCCC(NC(=O)N1CCCC2CCCC21)C(=O)O. The zero-order valence-corrected chi connectivity index (χ0v) is 12.3. The quantitative estimate of drug-likeness (QED) is 0.814. The van der Waals surface area contributed by atoms with E-state index in [0.29, 0.717) is 18.4 Å². The Morgan fingerprint density at radius 3 is 2.75 bits per heavy atom. The molecular weight excluding hydrogens is 256 g/mol. The zero-order valence-electron chi connectivity index (χ0n) is 12.3. The number of fused-ring (bicyclic) bond motifs is 1. The molecule has 0 aromatic carbocycles. The van der Waals surface area contributed by atoms with Crippen molar-refractivity contribution in [2.45, 2.75) is 70.4 Å². The first-order chi connectivity index (χ1) is 9.63. The number of nitrogens with one attached hydrogen (secondary N) is 1. The number of urea groups is 1. The Bertz CT molecular complexity index is 359. The van der Waals surface area contributed by atoms with Crippen molar-refractivity contribution in [3.05, 3.63) is 0 Å². The Morgan fingerprint density at radius 2 is 2.05 bits per heavy atom. The summed E-state index contributed by atoms with van der Waals surface area (Å²) in [5.74, 6) is -0.291. The van der Waals surface area contributed by atoms with Crippen molar-refractivity contribution < 1.29 is 14.7 Å². The van der Waals surface area contributed by atoms with Crippen LogP contribution in [0.4, 0.5) is 4.79 Å². The average Bonchev–Trinajstić information content (AvgIpc) is 2.90. The van der Waals surface area contributed by atoms with Crippen LogP contribution in [-0.4, -0.2) is 40.6 Å². The number of piperidine rings is 1. The fraction of sp³-hybridized carbons (Fsp3) is 0.867. The average molecular weight is 282 g/mol. The highest BCUT2D eigenvalue weighted by atomic mass is 16.4. The van der Waals surface area contributed by atoms with Crippen LogP contribution in [-0.2, 0) is 4.79 Å². The molecule has 0 spiro atoms. The maximum atomic E-state index is 12.4. The lowest BCUT2D eigenvalue weighted by atomic mass is 9.92. The summed E-state index contributed by atoms with van der Waals surface area (Å²) in [6.45, 7) is 2.79. The number of likely N-dealkylation sites (tertiary alicyclic amines) is 1. The number of carbonyl (C=O) groups is 2. The number of unbranched alkanes of at least 4 members (excludes halogenated alkanes) is 1. The third-order valence-corrected chi connectivity index (χ3v) is 4.70. The maximum absolute atomic E-state index is 12.4. The number of hydrogen-bond donors (Lipinski definition) is 2. The molecule has 3 unspecified atom stereocenters. The number of aliphatic carboxylic acids is 1. The second kappa shape index (κ2) is 6.95. The number of carboxylic acid groups (broad SMARTS) is 1. The third kappa shape index (κ3) is 3.44. The summed E-state index contributed by atoms with van der Waals surface area (Å²) in [6, 6.07) is -0.585. The minimum Gasteiger partial charge on any atom is -0.480 e. The Hall–Kier alpha value is -1.26. The van der Waals surface area contributed by atoms with E-state index in [0.717, 1.165) is 32.2 Å². The number of rotatable bonds is 5. The Labute approximate surface area is 120 Å². The van der Waals surface area contributed by atoms with E-state index in [2.05, 4.69) is 5.32 Å². The van der Waals surface area contributed by atoms with E-state index in [1.165, 1.54) is 19.3 Å². The largest absolute Gasteiger partial charge is 0.480 e. The molecule has 2 N–H and O–H groups in total. The minimum absolute atomic E-state index is 0.176. The molecule has 0 aromatic rings. The van der Waals surface area contributed by atoms with Gasteiger partial charge in [-0.05, 0) is 38.0 Å². The molecule has 2 fully saturated rings. The molecule has 0 radical (unpaired) electrons. The van der Waals surface area contributed by atoms with Crippen molar-refractivity contribution in [3.8, 4) is 0 Å². The fourth-order valence-corrected chi connectivity index (χ4v) is 3.60. The molecule has 1 saturated carbocycles. The lowest BCUT2D eigenvalue weighted by Gasteiger charge is -2.38. The molecule has 0 aromatic heterocycles. The molecule has 1 aliphatic heterocycles. The predicted molar refractivity (Wildman–Crippen MR) is 76.5 cm³/mol. The lowest BCUT2D eigenvalue weighted by molar-refractivity contribution is -0.139. The van der Waals surface area contributed by atoms with E-state index < -0.39 is 12.0 Å². The standard InChI is InChI=1S/C15H26N2O3/c1-2-3-8-12(14(18)19)16-15(20)17-10-5-7-11-6-4-9-13(11)17/h11-13H,2-10H2,1H3,(H,16,20)(H,18,19). The first kappa shape index (κ1) is 15.1. The number of carboxylic acids is 1. The van der Waals surface area contributed by atoms with Crippen LogP contribution in [0.3, 0.4) is 0 Å². The summed E-state index contributed by atoms with van der Waals surface area (Å²) >= 11 is 0. The Morgan fingerprint density at radius 1 is 1.30 bits per heavy atom. The van der Waals surface area contributed by atoms with Crippen molar-refractivity contribution in [1.29, 1.82) is 0 Å². The molecule has 5 heteroatoms. The summed E-state index contributed by atoms with van der Waals surface area (Å²) in [6.07, 6.45) is 8.01. The second-order valence-corrected chi connectivity index (χ2v) is 6.08. The molecule has 0 bridgehead atoms. The van der Waals surface area contributed by atoms with E-state index >= 15 is 0 Å². The second-order valence-electron chi connectivity index (χ2n) is 6.08. The van der Waals surface area contributed by atoms with Crippen molar-refractivity contribution in [2.24, 2.45) is 5.92 Å². The van der Waals surface area contributed by atoms with Gasteiger partial charge in [0.05, 0.1) is 0 Å². The van der Waals surface area contributed by atoms with Gasteiger partial charge in [-0.15, -0.1) is 0 Å². The third-order valence-electron chi connectivity index (χ3n) is 4.70. The van der Waals surface area contributed by atoms with Crippen molar-refractivity contribution in [3.63, 3.8) is 0 Å². The van der Waals surface area contributed by atoms with E-state index in [4.69, 9.17) is 0 Å². The minimum atomic E-state index is -0.924. The Kier molecular flexibility index (Phi) is 5.26. The Balaban J connectivity index is 1.93. The molecule has 114 valence electrons. The molecule has 1 aliphatic carbocycles. The molecule has 1 heterocycles. The van der Waals surface area contributed by atoms with Crippen molar-refractivity contribution in [2.75, 3.05) is 6.54 Å². The lowest BCUT2D eigenvalue weighted by Crippen LogP contribution is -2.54. The van der Waals surface area contributed by atoms with Gasteiger partial charge >= 0.3 is 12.0 Å². The summed E-state index contributed by atoms with van der Waals surface area (Å²) in [5, 5.41) is 11.9. The molecule has 1 saturated heterocycles. The van der Waals surface area contributed by atoms with Gasteiger partial charge < -0.3 is 15.3 Å². The highest BCUT2D eigenvalue weighted by Gasteiger charge is 2.38. The van der Waals surface area contributed by atoms with E-state index in [1.807, 2.05) is 11.8 Å². The van der Waals surface area contributed by atoms with E-state index in [9.17, 15) is 14.7 Å². The van der Waals surface area contributed by atoms with Gasteiger partial charge in [0.15, 0.2) is 0 Å². The molecule has 5 nitrogen and oxygen atoms in total. The maximum Gasteiger partial charge on any atom is 0.326 e. The number of carbonyl (C=O) groups excluding carboxylic acids is 1. The van der Waals surface area contributed by atoms with Crippen molar-refractivity contribution >= 4 is 12.0 Å². The van der Waals surface area contributed by atoms with Gasteiger partial charge in [-0.3, -0.25) is 0 Å². The van der Waals surface area contributed by atoms with Crippen LogP contribution in [0.25, 0.3) is 0 Å². The monoisotopic (exact) mass is 282 g/mol. The van der Waals surface area contributed by atoms with Gasteiger partial charge in [0.25, 0.3) is 0 Å². The van der Waals surface area contributed by atoms with Gasteiger partial charge in [-0.25, -0.2) is 9.59 Å². The topological polar surface area (TPSA) is 69.6 Å². The fourth-order valence-electron chi connectivity index (χ4n) is 3.60. The zero-order chi connectivity index (χ0) is 14.5. The van der Waals surface area contributed by atoms with Gasteiger partial charge in [-0.1, -0.05) is 26.2 Å². The number of hydrogen-bond acceptors (Lipinski definition) is 2. The summed E-state index contributed by atoms with van der Waals surface area (Å²) in [7, 11) is 0. The highest BCUT2D eigenvalue weighted by molar-refractivity contribution is 5.82. The van der Waals surface area contributed by atoms with E-state index in [1.54, 1.807) is 0 Å². The highest BCUT2D eigenvalue weighted by Crippen LogP contribution is 2.36. The van der Waals surface area contributed by atoms with Gasteiger partial charge in [0.1, 0.15) is 6.04 Å². The van der Waals surface area contributed by atoms with Crippen LogP contribution in [0.15, 0.2) is 0 Å². The van der Waals surface area contributed by atoms with Crippen LogP contribution >= 0.6 is 0 Å². The van der Waals surface area contributed by atoms with E-state index in [-0.39, 0.29) is 6.03 Å². The molecule has 3 atom stereocenters. The molecule has 20 heavy (non-hydrogen) atoms. The summed E-state index contributed by atoms with van der Waals surface area (Å²) in [5.41, 5.74) is 0. The van der Waals surface area contributed by atoms with Crippen LogP contribution < -0.4 is 5.32 Å². The van der Waals surface area contributed by atoms with Gasteiger partial charge in [-0.2, -0.15) is 0 Å². The van der Waals surface area contributed by atoms with Crippen LogP contribution in [0.2, 0.25) is 0 Å². The molecular formula is C15H26N2O3. The van der Waals surface area contributed by atoms with Gasteiger partial charge in [0.2, 0.25) is 0 Å². The number of amides is 2. The molecule has 2 amide bonds. The van der Waals surface area contributed by atoms with Crippen LogP contribution in [0.5, 0.6) is 0 Å².